The minimum Gasteiger partial charge on any atom is -0.492 e. The number of para-hydroxylation sites is 1. The van der Waals surface area contributed by atoms with Crippen LogP contribution in [0.2, 0.25) is 0 Å². The molecule has 3 aromatic carbocycles. The molecule has 1 aliphatic rings. The molecule has 0 atom stereocenters. The first-order valence-electron chi connectivity index (χ1n) is 11.8. The number of benzene rings is 3. The SMILES string of the molecule is CCOc1ccc(S(=O)(=O)N2CCCCC2)cc1NC(=O)COc1ccccc1-c1ccccc1. The average molecular weight is 495 g/mol. The maximum atomic E-state index is 13.1. The van der Waals surface area contributed by atoms with Gasteiger partial charge < -0.3 is 14.8 Å². The number of hydrogen-bond acceptors (Lipinski definition) is 5. The van der Waals surface area contributed by atoms with Crippen molar-refractivity contribution in [2.24, 2.45) is 0 Å². The lowest BCUT2D eigenvalue weighted by Crippen LogP contribution is -2.35. The van der Waals surface area contributed by atoms with Crippen molar-refractivity contribution in [1.29, 1.82) is 0 Å². The maximum absolute atomic E-state index is 13.1. The van der Waals surface area contributed by atoms with Crippen molar-refractivity contribution in [2.45, 2.75) is 31.1 Å². The van der Waals surface area contributed by atoms with E-state index < -0.39 is 15.9 Å². The van der Waals surface area contributed by atoms with Crippen molar-refractivity contribution < 1.29 is 22.7 Å². The third kappa shape index (κ3) is 6.01. The molecule has 7 nitrogen and oxygen atoms in total. The van der Waals surface area contributed by atoms with E-state index in [2.05, 4.69) is 5.32 Å². The van der Waals surface area contributed by atoms with Gasteiger partial charge in [-0.3, -0.25) is 4.79 Å². The fourth-order valence-corrected chi connectivity index (χ4v) is 5.63. The summed E-state index contributed by atoms with van der Waals surface area (Å²) in [6.45, 7) is 2.98. The van der Waals surface area contributed by atoms with E-state index >= 15 is 0 Å². The van der Waals surface area contributed by atoms with E-state index in [0.29, 0.717) is 36.9 Å². The number of rotatable bonds is 9. The molecule has 1 saturated heterocycles. The lowest BCUT2D eigenvalue weighted by molar-refractivity contribution is -0.118. The Morgan fingerprint density at radius 3 is 2.34 bits per heavy atom. The van der Waals surface area contributed by atoms with Crippen LogP contribution in [0.3, 0.4) is 0 Å². The van der Waals surface area contributed by atoms with Gasteiger partial charge >= 0.3 is 0 Å². The van der Waals surface area contributed by atoms with E-state index in [0.717, 1.165) is 30.4 Å². The van der Waals surface area contributed by atoms with Gasteiger partial charge in [-0.2, -0.15) is 4.31 Å². The van der Waals surface area contributed by atoms with Crippen molar-refractivity contribution >= 4 is 21.6 Å². The molecule has 8 heteroatoms. The molecule has 4 rings (SSSR count). The number of carbonyl (C=O) groups excluding carboxylic acids is 1. The highest BCUT2D eigenvalue weighted by Crippen LogP contribution is 2.31. The van der Waals surface area contributed by atoms with Gasteiger partial charge in [0.1, 0.15) is 11.5 Å². The van der Waals surface area contributed by atoms with E-state index in [1.165, 1.54) is 16.4 Å². The average Bonchev–Trinajstić information content (AvgIpc) is 2.90. The number of amides is 1. The Hall–Kier alpha value is -3.36. The van der Waals surface area contributed by atoms with Gasteiger partial charge in [-0.15, -0.1) is 0 Å². The van der Waals surface area contributed by atoms with Gasteiger partial charge in [-0.25, -0.2) is 8.42 Å². The van der Waals surface area contributed by atoms with Crippen LogP contribution >= 0.6 is 0 Å². The molecule has 0 aromatic heterocycles. The highest BCUT2D eigenvalue weighted by atomic mass is 32.2. The van der Waals surface area contributed by atoms with E-state index in [9.17, 15) is 13.2 Å². The topological polar surface area (TPSA) is 84.9 Å². The highest BCUT2D eigenvalue weighted by molar-refractivity contribution is 7.89. The third-order valence-electron chi connectivity index (χ3n) is 5.81. The number of sulfonamides is 1. The van der Waals surface area contributed by atoms with E-state index in [1.807, 2.05) is 61.5 Å². The number of piperidine rings is 1. The second-order valence-corrected chi connectivity index (χ2v) is 10.2. The molecule has 3 aromatic rings. The quantitative estimate of drug-likeness (QED) is 0.455. The molecule has 0 radical (unpaired) electrons. The van der Waals surface area contributed by atoms with Gasteiger partial charge in [-0.1, -0.05) is 55.0 Å². The van der Waals surface area contributed by atoms with Crippen LogP contribution in [-0.2, 0) is 14.8 Å². The molecule has 1 amide bonds. The van der Waals surface area contributed by atoms with Crippen LogP contribution < -0.4 is 14.8 Å². The van der Waals surface area contributed by atoms with Crippen molar-refractivity contribution in [3.8, 4) is 22.6 Å². The summed E-state index contributed by atoms with van der Waals surface area (Å²) in [7, 11) is -3.65. The summed E-state index contributed by atoms with van der Waals surface area (Å²) < 4.78 is 39.2. The summed E-state index contributed by atoms with van der Waals surface area (Å²) in [5.74, 6) is 0.574. The van der Waals surface area contributed by atoms with Crippen molar-refractivity contribution in [3.63, 3.8) is 0 Å². The Balaban J connectivity index is 1.50. The first-order valence-corrected chi connectivity index (χ1v) is 13.3. The third-order valence-corrected chi connectivity index (χ3v) is 7.70. The van der Waals surface area contributed by atoms with Crippen LogP contribution in [0, 0.1) is 0 Å². The van der Waals surface area contributed by atoms with Crippen LogP contribution in [0.5, 0.6) is 11.5 Å². The predicted molar refractivity (Wildman–Crippen MR) is 136 cm³/mol. The molecule has 1 fully saturated rings. The number of hydrogen-bond donors (Lipinski definition) is 1. The molecule has 1 aliphatic heterocycles. The van der Waals surface area contributed by atoms with Gasteiger partial charge in [0.25, 0.3) is 5.91 Å². The smallest absolute Gasteiger partial charge is 0.262 e. The molecular weight excluding hydrogens is 464 g/mol. The lowest BCUT2D eigenvalue weighted by Gasteiger charge is -2.26. The van der Waals surface area contributed by atoms with Crippen LogP contribution in [-0.4, -0.2) is 44.9 Å². The summed E-state index contributed by atoms with van der Waals surface area (Å²) >= 11 is 0. The molecule has 0 aliphatic carbocycles. The molecule has 0 spiro atoms. The summed E-state index contributed by atoms with van der Waals surface area (Å²) in [5, 5.41) is 2.77. The minimum absolute atomic E-state index is 0.133. The Labute approximate surface area is 206 Å². The second-order valence-electron chi connectivity index (χ2n) is 8.25. The Bertz CT molecular complexity index is 1260. The minimum atomic E-state index is -3.65. The molecular formula is C27H30N2O5S. The summed E-state index contributed by atoms with van der Waals surface area (Å²) in [6, 6.07) is 21.9. The monoisotopic (exact) mass is 494 g/mol. The van der Waals surface area contributed by atoms with Gasteiger partial charge in [-0.05, 0) is 49.6 Å². The molecule has 0 unspecified atom stereocenters. The second kappa shape index (κ2) is 11.4. The normalized spacial score (nSPS) is 14.3. The number of carbonyl (C=O) groups is 1. The molecule has 0 bridgehead atoms. The Morgan fingerprint density at radius 2 is 1.60 bits per heavy atom. The Morgan fingerprint density at radius 1 is 0.886 bits per heavy atom. The van der Waals surface area contributed by atoms with Gasteiger partial charge in [0, 0.05) is 18.7 Å². The summed E-state index contributed by atoms with van der Waals surface area (Å²) in [5.41, 5.74) is 2.16. The van der Waals surface area contributed by atoms with Crippen LogP contribution in [0.4, 0.5) is 5.69 Å². The molecule has 35 heavy (non-hydrogen) atoms. The van der Waals surface area contributed by atoms with E-state index in [1.54, 1.807) is 6.07 Å². The molecule has 184 valence electrons. The highest BCUT2D eigenvalue weighted by Gasteiger charge is 2.27. The van der Waals surface area contributed by atoms with E-state index in [-0.39, 0.29) is 11.5 Å². The van der Waals surface area contributed by atoms with Crippen molar-refractivity contribution in [3.05, 3.63) is 72.8 Å². The first kappa shape index (κ1) is 24.8. The van der Waals surface area contributed by atoms with Crippen LogP contribution in [0.25, 0.3) is 11.1 Å². The zero-order valence-electron chi connectivity index (χ0n) is 19.8. The fraction of sp³-hybridized carbons (Fsp3) is 0.296. The largest absolute Gasteiger partial charge is 0.492 e. The van der Waals surface area contributed by atoms with Crippen LogP contribution in [0.1, 0.15) is 26.2 Å². The predicted octanol–water partition coefficient (Wildman–Crippen LogP) is 4.94. The summed E-state index contributed by atoms with van der Waals surface area (Å²) in [4.78, 5) is 12.9. The van der Waals surface area contributed by atoms with Gasteiger partial charge in [0.05, 0.1) is 17.2 Å². The van der Waals surface area contributed by atoms with Gasteiger partial charge in [0.2, 0.25) is 10.0 Å². The maximum Gasteiger partial charge on any atom is 0.262 e. The number of nitrogens with zero attached hydrogens (tertiary/aromatic N) is 1. The first-order chi connectivity index (χ1) is 17.0. The number of anilines is 1. The zero-order valence-corrected chi connectivity index (χ0v) is 20.6. The lowest BCUT2D eigenvalue weighted by atomic mass is 10.1. The molecule has 1 N–H and O–H groups in total. The number of ether oxygens (including phenoxy) is 2. The standard InChI is InChI=1S/C27H30N2O5S/c1-2-33-26-16-15-22(35(31,32)29-17-9-4-10-18-29)19-24(26)28-27(30)20-34-25-14-8-7-13-23(25)21-11-5-3-6-12-21/h3,5-8,11-16,19H,2,4,9-10,17-18,20H2,1H3,(H,28,30). The van der Waals surface area contributed by atoms with Crippen LogP contribution in [0.15, 0.2) is 77.7 Å². The molecule has 0 saturated carbocycles. The van der Waals surface area contributed by atoms with Crippen molar-refractivity contribution in [2.75, 3.05) is 31.6 Å². The zero-order chi connectivity index (χ0) is 24.7. The van der Waals surface area contributed by atoms with Crippen molar-refractivity contribution in [1.82, 2.24) is 4.31 Å². The molecule has 1 heterocycles. The Kier molecular flexibility index (Phi) is 8.05. The number of nitrogens with one attached hydrogen (secondary N) is 1. The van der Waals surface area contributed by atoms with E-state index in [4.69, 9.17) is 9.47 Å². The summed E-state index contributed by atoms with van der Waals surface area (Å²) in [6.07, 6.45) is 2.73. The fourth-order valence-electron chi connectivity index (χ4n) is 4.08. The van der Waals surface area contributed by atoms with Gasteiger partial charge in [0.15, 0.2) is 6.61 Å².